The summed E-state index contributed by atoms with van der Waals surface area (Å²) in [5.41, 5.74) is 0. The van der Waals surface area contributed by atoms with Gasteiger partial charge in [-0.3, -0.25) is 4.79 Å². The SMILES string of the molecule is CCOC(=O)CNCCCN(C)C(C)C. The Bertz CT molecular complexity index is 172. The van der Waals surface area contributed by atoms with E-state index < -0.39 is 0 Å². The molecule has 4 heteroatoms. The first-order chi connectivity index (χ1) is 7.07. The van der Waals surface area contributed by atoms with E-state index in [0.717, 1.165) is 19.5 Å². The van der Waals surface area contributed by atoms with Gasteiger partial charge in [0.25, 0.3) is 0 Å². The molecule has 0 amide bonds. The highest BCUT2D eigenvalue weighted by molar-refractivity contribution is 5.71. The van der Waals surface area contributed by atoms with Crippen molar-refractivity contribution in [2.45, 2.75) is 33.2 Å². The van der Waals surface area contributed by atoms with Crippen LogP contribution in [0, 0.1) is 0 Å². The van der Waals surface area contributed by atoms with Gasteiger partial charge in [-0.1, -0.05) is 0 Å². The first-order valence-corrected chi connectivity index (χ1v) is 5.64. The number of nitrogens with one attached hydrogen (secondary N) is 1. The summed E-state index contributed by atoms with van der Waals surface area (Å²) in [5, 5.41) is 3.06. The van der Waals surface area contributed by atoms with Crippen LogP contribution in [-0.2, 0) is 9.53 Å². The molecule has 1 N–H and O–H groups in total. The van der Waals surface area contributed by atoms with E-state index in [1.54, 1.807) is 0 Å². The van der Waals surface area contributed by atoms with E-state index in [1.165, 1.54) is 0 Å². The highest BCUT2D eigenvalue weighted by Gasteiger charge is 2.03. The van der Waals surface area contributed by atoms with E-state index in [-0.39, 0.29) is 5.97 Å². The van der Waals surface area contributed by atoms with Crippen molar-refractivity contribution in [3.8, 4) is 0 Å². The molecule has 15 heavy (non-hydrogen) atoms. The van der Waals surface area contributed by atoms with Crippen LogP contribution in [0.3, 0.4) is 0 Å². The molecule has 0 aliphatic carbocycles. The third-order valence-electron chi connectivity index (χ3n) is 2.32. The number of hydrogen-bond donors (Lipinski definition) is 1. The van der Waals surface area contributed by atoms with Crippen molar-refractivity contribution >= 4 is 5.97 Å². The van der Waals surface area contributed by atoms with Crippen LogP contribution in [-0.4, -0.2) is 50.2 Å². The summed E-state index contributed by atoms with van der Waals surface area (Å²) in [7, 11) is 2.11. The molecule has 0 saturated heterocycles. The van der Waals surface area contributed by atoms with E-state index in [2.05, 4.69) is 31.1 Å². The minimum absolute atomic E-state index is 0.172. The minimum Gasteiger partial charge on any atom is -0.465 e. The van der Waals surface area contributed by atoms with Gasteiger partial charge in [-0.25, -0.2) is 0 Å². The van der Waals surface area contributed by atoms with E-state index in [1.807, 2.05) is 6.92 Å². The van der Waals surface area contributed by atoms with Crippen LogP contribution in [0.25, 0.3) is 0 Å². The van der Waals surface area contributed by atoms with Gasteiger partial charge < -0.3 is 15.0 Å². The zero-order chi connectivity index (χ0) is 11.7. The fourth-order valence-corrected chi connectivity index (χ4v) is 1.11. The summed E-state index contributed by atoms with van der Waals surface area (Å²) in [5.74, 6) is -0.172. The van der Waals surface area contributed by atoms with Crippen molar-refractivity contribution in [3.63, 3.8) is 0 Å². The monoisotopic (exact) mass is 216 g/mol. The molecule has 0 aliphatic rings. The van der Waals surface area contributed by atoms with Crippen molar-refractivity contribution in [1.82, 2.24) is 10.2 Å². The number of rotatable bonds is 8. The summed E-state index contributed by atoms with van der Waals surface area (Å²) in [6, 6.07) is 0.579. The molecule has 0 fully saturated rings. The largest absolute Gasteiger partial charge is 0.465 e. The Morgan fingerprint density at radius 3 is 2.67 bits per heavy atom. The normalized spacial score (nSPS) is 11.1. The van der Waals surface area contributed by atoms with Crippen molar-refractivity contribution in [3.05, 3.63) is 0 Å². The standard InChI is InChI=1S/C11H24N2O2/c1-5-15-11(14)9-12-7-6-8-13(4)10(2)3/h10,12H,5-9H2,1-4H3. The zero-order valence-electron chi connectivity index (χ0n) is 10.4. The van der Waals surface area contributed by atoms with Crippen LogP contribution in [0.15, 0.2) is 0 Å². The number of hydrogen-bond acceptors (Lipinski definition) is 4. The number of nitrogens with zero attached hydrogens (tertiary/aromatic N) is 1. The van der Waals surface area contributed by atoms with Crippen LogP contribution >= 0.6 is 0 Å². The Morgan fingerprint density at radius 1 is 1.47 bits per heavy atom. The second-order valence-electron chi connectivity index (χ2n) is 3.91. The molecule has 0 aliphatic heterocycles. The maximum Gasteiger partial charge on any atom is 0.319 e. The van der Waals surface area contributed by atoms with E-state index in [4.69, 9.17) is 4.74 Å². The molecule has 0 aromatic carbocycles. The molecule has 0 aromatic rings. The molecule has 0 heterocycles. The van der Waals surface area contributed by atoms with Gasteiger partial charge in [-0.2, -0.15) is 0 Å². The molecule has 0 saturated carbocycles. The predicted octanol–water partition coefficient (Wildman–Crippen LogP) is 0.869. The average molecular weight is 216 g/mol. The van der Waals surface area contributed by atoms with Crippen molar-refractivity contribution in [2.24, 2.45) is 0 Å². The van der Waals surface area contributed by atoms with E-state index in [9.17, 15) is 4.79 Å². The van der Waals surface area contributed by atoms with Gasteiger partial charge in [0, 0.05) is 6.04 Å². The number of esters is 1. The van der Waals surface area contributed by atoms with Gasteiger partial charge in [0.05, 0.1) is 13.2 Å². The summed E-state index contributed by atoms with van der Waals surface area (Å²) < 4.78 is 4.80. The number of carbonyl (C=O) groups excluding carboxylic acids is 1. The molecule has 0 unspecified atom stereocenters. The fourth-order valence-electron chi connectivity index (χ4n) is 1.11. The number of ether oxygens (including phenoxy) is 1. The quantitative estimate of drug-likeness (QED) is 0.483. The lowest BCUT2D eigenvalue weighted by atomic mass is 10.3. The molecular weight excluding hydrogens is 192 g/mol. The Morgan fingerprint density at radius 2 is 2.13 bits per heavy atom. The van der Waals surface area contributed by atoms with Gasteiger partial charge in [0.2, 0.25) is 0 Å². The molecule has 0 rings (SSSR count). The maximum absolute atomic E-state index is 11.0. The molecule has 0 aromatic heterocycles. The van der Waals surface area contributed by atoms with Gasteiger partial charge >= 0.3 is 5.97 Å². The highest BCUT2D eigenvalue weighted by Crippen LogP contribution is 1.93. The van der Waals surface area contributed by atoms with E-state index in [0.29, 0.717) is 19.2 Å². The zero-order valence-corrected chi connectivity index (χ0v) is 10.4. The molecular formula is C11H24N2O2. The van der Waals surface area contributed by atoms with Crippen molar-refractivity contribution < 1.29 is 9.53 Å². The predicted molar refractivity (Wildman–Crippen MR) is 61.9 cm³/mol. The summed E-state index contributed by atoms with van der Waals surface area (Å²) >= 11 is 0. The summed E-state index contributed by atoms with van der Waals surface area (Å²) in [6.45, 7) is 8.84. The molecule has 0 spiro atoms. The van der Waals surface area contributed by atoms with Gasteiger partial charge in [-0.05, 0) is 47.3 Å². The lowest BCUT2D eigenvalue weighted by Gasteiger charge is -2.20. The molecule has 0 radical (unpaired) electrons. The van der Waals surface area contributed by atoms with Crippen LogP contribution in [0.4, 0.5) is 0 Å². The Balaban J connectivity index is 3.28. The second kappa shape index (κ2) is 8.68. The van der Waals surface area contributed by atoms with Crippen LogP contribution < -0.4 is 5.32 Å². The van der Waals surface area contributed by atoms with Crippen molar-refractivity contribution in [2.75, 3.05) is 33.3 Å². The minimum atomic E-state index is -0.172. The summed E-state index contributed by atoms with van der Waals surface area (Å²) in [6.07, 6.45) is 1.05. The molecule has 0 bridgehead atoms. The second-order valence-corrected chi connectivity index (χ2v) is 3.91. The average Bonchev–Trinajstić information content (AvgIpc) is 2.17. The Labute approximate surface area is 93.0 Å². The summed E-state index contributed by atoms with van der Waals surface area (Å²) in [4.78, 5) is 13.2. The topological polar surface area (TPSA) is 41.6 Å². The van der Waals surface area contributed by atoms with Crippen LogP contribution in [0.2, 0.25) is 0 Å². The van der Waals surface area contributed by atoms with Crippen LogP contribution in [0.5, 0.6) is 0 Å². The molecule has 0 atom stereocenters. The maximum atomic E-state index is 11.0. The lowest BCUT2D eigenvalue weighted by molar-refractivity contribution is -0.141. The molecule has 4 nitrogen and oxygen atoms in total. The Hall–Kier alpha value is -0.610. The first-order valence-electron chi connectivity index (χ1n) is 5.64. The first kappa shape index (κ1) is 14.4. The van der Waals surface area contributed by atoms with E-state index >= 15 is 0 Å². The third kappa shape index (κ3) is 8.39. The lowest BCUT2D eigenvalue weighted by Crippen LogP contribution is -2.31. The highest BCUT2D eigenvalue weighted by atomic mass is 16.5. The fraction of sp³-hybridized carbons (Fsp3) is 0.909. The third-order valence-corrected chi connectivity index (χ3v) is 2.32. The molecule has 90 valence electrons. The number of carbonyl (C=O) groups is 1. The smallest absolute Gasteiger partial charge is 0.319 e. The van der Waals surface area contributed by atoms with Gasteiger partial charge in [0.1, 0.15) is 0 Å². The Kier molecular flexibility index (Phi) is 8.33. The van der Waals surface area contributed by atoms with Crippen LogP contribution in [0.1, 0.15) is 27.2 Å². The van der Waals surface area contributed by atoms with Crippen molar-refractivity contribution in [1.29, 1.82) is 0 Å². The van der Waals surface area contributed by atoms with Gasteiger partial charge in [0.15, 0.2) is 0 Å². The van der Waals surface area contributed by atoms with Gasteiger partial charge in [-0.15, -0.1) is 0 Å².